The summed E-state index contributed by atoms with van der Waals surface area (Å²) < 4.78 is 1.07. The summed E-state index contributed by atoms with van der Waals surface area (Å²) in [6.45, 7) is 6.21. The highest BCUT2D eigenvalue weighted by Gasteiger charge is 2.07. The maximum absolute atomic E-state index is 9.86. The lowest BCUT2D eigenvalue weighted by molar-refractivity contribution is 0.205. The first-order valence-corrected chi connectivity index (χ1v) is 7.72. The van der Waals surface area contributed by atoms with E-state index in [0.717, 1.165) is 9.37 Å². The Morgan fingerprint density at radius 2 is 2.00 bits per heavy atom. The van der Waals surface area contributed by atoms with Crippen molar-refractivity contribution in [3.05, 3.63) is 28.7 Å². The van der Waals surface area contributed by atoms with Gasteiger partial charge in [-0.3, -0.25) is 0 Å². The van der Waals surface area contributed by atoms with Crippen LogP contribution in [0.1, 0.15) is 27.2 Å². The molecule has 1 aromatic rings. The van der Waals surface area contributed by atoms with Crippen molar-refractivity contribution in [2.75, 3.05) is 5.75 Å². The molecule has 0 aliphatic rings. The second-order valence-corrected chi connectivity index (χ2v) is 7.07. The van der Waals surface area contributed by atoms with Crippen LogP contribution in [-0.2, 0) is 0 Å². The lowest BCUT2D eigenvalue weighted by Gasteiger charge is -2.09. The largest absolute Gasteiger partial charge is 0.391 e. The minimum Gasteiger partial charge on any atom is -0.391 e. The summed E-state index contributed by atoms with van der Waals surface area (Å²) in [5.41, 5.74) is 0.00925. The zero-order valence-electron chi connectivity index (χ0n) is 11.0. The van der Waals surface area contributed by atoms with E-state index in [1.54, 1.807) is 11.8 Å². The molecule has 0 heterocycles. The molecule has 0 fully saturated rings. The molecule has 1 rings (SSSR count). The molecule has 0 saturated carbocycles. The average molecular weight is 327 g/mol. The lowest BCUT2D eigenvalue weighted by atomic mass is 9.98. The van der Waals surface area contributed by atoms with Crippen LogP contribution in [0, 0.1) is 17.3 Å². The van der Waals surface area contributed by atoms with Crippen molar-refractivity contribution in [2.24, 2.45) is 5.41 Å². The topological polar surface area (TPSA) is 20.2 Å². The third-order valence-corrected chi connectivity index (χ3v) is 4.24. The van der Waals surface area contributed by atoms with Crippen LogP contribution < -0.4 is 0 Å². The van der Waals surface area contributed by atoms with Crippen molar-refractivity contribution in [3.63, 3.8) is 0 Å². The number of aliphatic hydroxyl groups is 1. The normalized spacial score (nSPS) is 12.7. The quantitative estimate of drug-likeness (QED) is 0.656. The van der Waals surface area contributed by atoms with Gasteiger partial charge in [0.25, 0.3) is 0 Å². The maximum atomic E-state index is 9.86. The molecule has 1 aromatic carbocycles. The van der Waals surface area contributed by atoms with Gasteiger partial charge in [-0.1, -0.05) is 18.1 Å². The van der Waals surface area contributed by atoms with E-state index in [1.807, 2.05) is 24.3 Å². The van der Waals surface area contributed by atoms with Crippen molar-refractivity contribution in [2.45, 2.75) is 38.2 Å². The molecule has 1 nitrogen and oxygen atoms in total. The molecule has 98 valence electrons. The van der Waals surface area contributed by atoms with Crippen molar-refractivity contribution in [1.82, 2.24) is 0 Å². The van der Waals surface area contributed by atoms with Crippen LogP contribution in [0.5, 0.6) is 0 Å². The van der Waals surface area contributed by atoms with E-state index in [2.05, 4.69) is 48.5 Å². The Kier molecular flexibility index (Phi) is 6.28. The first kappa shape index (κ1) is 15.6. The number of hydrogen-bond acceptors (Lipinski definition) is 2. The molecule has 1 atom stereocenters. The Balaban J connectivity index is 2.40. The Morgan fingerprint density at radius 1 is 1.33 bits per heavy atom. The van der Waals surface area contributed by atoms with Crippen LogP contribution in [-0.4, -0.2) is 17.0 Å². The van der Waals surface area contributed by atoms with Gasteiger partial charge in [-0.25, -0.2) is 0 Å². The van der Waals surface area contributed by atoms with Gasteiger partial charge in [0, 0.05) is 27.0 Å². The number of thioether (sulfide) groups is 1. The molecular weight excluding hydrogens is 308 g/mol. The lowest BCUT2D eigenvalue weighted by Crippen LogP contribution is -2.09. The van der Waals surface area contributed by atoms with Gasteiger partial charge in [-0.15, -0.1) is 17.7 Å². The second-order valence-electron chi connectivity index (χ2n) is 5.15. The van der Waals surface area contributed by atoms with Gasteiger partial charge in [-0.2, -0.15) is 0 Å². The van der Waals surface area contributed by atoms with Crippen LogP contribution in [0.3, 0.4) is 0 Å². The number of benzene rings is 1. The van der Waals surface area contributed by atoms with Crippen molar-refractivity contribution in [1.29, 1.82) is 0 Å². The third-order valence-electron chi connectivity index (χ3n) is 2.07. The Labute approximate surface area is 122 Å². The smallest absolute Gasteiger partial charge is 0.0743 e. The maximum Gasteiger partial charge on any atom is 0.0743 e. The third kappa shape index (κ3) is 6.49. The van der Waals surface area contributed by atoms with E-state index < -0.39 is 0 Å². The molecule has 0 amide bonds. The summed E-state index contributed by atoms with van der Waals surface area (Å²) in [7, 11) is 0. The van der Waals surface area contributed by atoms with Gasteiger partial charge < -0.3 is 5.11 Å². The average Bonchev–Trinajstić information content (AvgIpc) is 2.26. The molecule has 18 heavy (non-hydrogen) atoms. The number of halogens is 1. The molecule has 0 radical (unpaired) electrons. The van der Waals surface area contributed by atoms with Crippen LogP contribution in [0.4, 0.5) is 0 Å². The van der Waals surface area contributed by atoms with Gasteiger partial charge in [0.1, 0.15) is 0 Å². The van der Waals surface area contributed by atoms with Gasteiger partial charge >= 0.3 is 0 Å². The minimum absolute atomic E-state index is 0.00925. The minimum atomic E-state index is -0.378. The summed E-state index contributed by atoms with van der Waals surface area (Å²) in [6, 6.07) is 8.04. The number of hydrogen-bond donors (Lipinski definition) is 1. The van der Waals surface area contributed by atoms with Gasteiger partial charge in [0.05, 0.1) is 6.10 Å². The molecule has 0 aliphatic carbocycles. The Morgan fingerprint density at radius 3 is 2.61 bits per heavy atom. The highest BCUT2D eigenvalue weighted by Crippen LogP contribution is 2.27. The second kappa shape index (κ2) is 7.23. The highest BCUT2D eigenvalue weighted by atomic mass is 79.9. The van der Waals surface area contributed by atoms with E-state index in [4.69, 9.17) is 0 Å². The molecule has 1 N–H and O–H groups in total. The van der Waals surface area contributed by atoms with E-state index in [9.17, 15) is 5.11 Å². The summed E-state index contributed by atoms with van der Waals surface area (Å²) in [5, 5.41) is 9.86. The molecule has 1 unspecified atom stereocenters. The number of rotatable bonds is 4. The van der Waals surface area contributed by atoms with Gasteiger partial charge in [-0.05, 0) is 48.8 Å². The van der Waals surface area contributed by atoms with Crippen LogP contribution >= 0.6 is 27.7 Å². The Hall–Kier alpha value is -0.430. The molecular formula is C15H19BrOS. The molecule has 0 aromatic heterocycles. The van der Waals surface area contributed by atoms with Crippen molar-refractivity contribution in [3.8, 4) is 11.8 Å². The summed E-state index contributed by atoms with van der Waals surface area (Å²) >= 11 is 5.14. The van der Waals surface area contributed by atoms with Crippen molar-refractivity contribution >= 4 is 27.7 Å². The first-order valence-electron chi connectivity index (χ1n) is 5.94. The molecule has 3 heteroatoms. The highest BCUT2D eigenvalue weighted by molar-refractivity contribution is 9.10. The zero-order chi connectivity index (χ0) is 13.6. The monoisotopic (exact) mass is 326 g/mol. The predicted molar refractivity (Wildman–Crippen MR) is 82.7 cm³/mol. The summed E-state index contributed by atoms with van der Waals surface area (Å²) in [4.78, 5) is 1.15. The zero-order valence-corrected chi connectivity index (χ0v) is 13.4. The van der Waals surface area contributed by atoms with Crippen LogP contribution in [0.25, 0.3) is 0 Å². The predicted octanol–water partition coefficient (Wildman–Crippen LogP) is 4.34. The van der Waals surface area contributed by atoms with Gasteiger partial charge in [0.2, 0.25) is 0 Å². The van der Waals surface area contributed by atoms with E-state index in [-0.39, 0.29) is 11.5 Å². The van der Waals surface area contributed by atoms with Crippen LogP contribution in [0.15, 0.2) is 33.6 Å². The summed E-state index contributed by atoms with van der Waals surface area (Å²) in [6.07, 6.45) is 0.159. The number of aliphatic hydroxyl groups excluding tert-OH is 1. The fraction of sp³-hybridized carbons (Fsp3) is 0.467. The fourth-order valence-corrected chi connectivity index (χ4v) is 2.74. The molecule has 0 spiro atoms. The SMILES string of the molecule is CC(C)(C)C#CCC(O)CSc1ccccc1Br. The summed E-state index contributed by atoms with van der Waals surface area (Å²) in [5.74, 6) is 6.85. The van der Waals surface area contributed by atoms with E-state index in [1.165, 1.54) is 0 Å². The fourth-order valence-electron chi connectivity index (χ4n) is 1.24. The first-order chi connectivity index (χ1) is 8.38. The van der Waals surface area contributed by atoms with Crippen LogP contribution in [0.2, 0.25) is 0 Å². The van der Waals surface area contributed by atoms with E-state index >= 15 is 0 Å². The Bertz CT molecular complexity index is 440. The van der Waals surface area contributed by atoms with Crippen molar-refractivity contribution < 1.29 is 5.11 Å². The van der Waals surface area contributed by atoms with E-state index in [0.29, 0.717) is 12.2 Å². The molecule has 0 bridgehead atoms. The van der Waals surface area contributed by atoms with Gasteiger partial charge in [0.15, 0.2) is 0 Å². The standard InChI is InChI=1S/C15H19BrOS/c1-15(2,3)10-6-7-12(17)11-18-14-9-5-4-8-13(14)16/h4-5,8-9,12,17H,7,11H2,1-3H3. The molecule has 0 aliphatic heterocycles. The molecule has 0 saturated heterocycles.